The first kappa shape index (κ1) is 16.5. The van der Waals surface area contributed by atoms with Gasteiger partial charge in [0.1, 0.15) is 5.82 Å². The van der Waals surface area contributed by atoms with Crippen LogP contribution in [0.5, 0.6) is 0 Å². The highest BCUT2D eigenvalue weighted by Gasteiger charge is 2.23. The number of nitrogens with one attached hydrogen (secondary N) is 1. The molecule has 0 spiro atoms. The predicted molar refractivity (Wildman–Crippen MR) is 81.1 cm³/mol. The Labute approximate surface area is 121 Å². The molecule has 0 amide bonds. The van der Waals surface area contributed by atoms with Crippen LogP contribution in [0, 0.1) is 11.7 Å². The molecule has 0 fully saturated rings. The van der Waals surface area contributed by atoms with Crippen molar-refractivity contribution in [1.29, 1.82) is 0 Å². The first-order valence-electron chi connectivity index (χ1n) is 7.32. The molecular formula is C16H25ClFN. The van der Waals surface area contributed by atoms with Crippen molar-refractivity contribution in [2.75, 3.05) is 6.54 Å². The van der Waals surface area contributed by atoms with Crippen molar-refractivity contribution in [2.45, 2.75) is 52.5 Å². The molecule has 1 nitrogen and oxygen atoms in total. The Morgan fingerprint density at radius 3 is 2.26 bits per heavy atom. The van der Waals surface area contributed by atoms with Crippen LogP contribution in [-0.2, 0) is 0 Å². The van der Waals surface area contributed by atoms with E-state index in [1.807, 2.05) is 6.07 Å². The third kappa shape index (κ3) is 4.77. The van der Waals surface area contributed by atoms with E-state index in [-0.39, 0.29) is 11.9 Å². The van der Waals surface area contributed by atoms with Crippen molar-refractivity contribution in [3.63, 3.8) is 0 Å². The summed E-state index contributed by atoms with van der Waals surface area (Å²) < 4.78 is 14.1. The third-order valence-corrected chi connectivity index (χ3v) is 3.75. The van der Waals surface area contributed by atoms with Gasteiger partial charge in [-0.2, -0.15) is 0 Å². The van der Waals surface area contributed by atoms with Crippen LogP contribution in [-0.4, -0.2) is 6.54 Å². The summed E-state index contributed by atoms with van der Waals surface area (Å²) in [5.41, 5.74) is 0.748. The molecule has 0 saturated carbocycles. The fourth-order valence-electron chi connectivity index (χ4n) is 2.72. The van der Waals surface area contributed by atoms with Crippen molar-refractivity contribution in [3.8, 4) is 0 Å². The van der Waals surface area contributed by atoms with Gasteiger partial charge in [-0.3, -0.25) is 0 Å². The van der Waals surface area contributed by atoms with Crippen LogP contribution in [0.15, 0.2) is 18.2 Å². The van der Waals surface area contributed by atoms with Gasteiger partial charge in [0.2, 0.25) is 0 Å². The number of halogens is 2. The van der Waals surface area contributed by atoms with E-state index in [2.05, 4.69) is 26.1 Å². The molecule has 108 valence electrons. The maximum Gasteiger partial charge on any atom is 0.129 e. The van der Waals surface area contributed by atoms with Crippen molar-refractivity contribution in [3.05, 3.63) is 34.6 Å². The molecule has 0 aliphatic heterocycles. The second-order valence-corrected chi connectivity index (χ2v) is 5.48. The molecule has 1 atom stereocenters. The van der Waals surface area contributed by atoms with Gasteiger partial charge in [0.15, 0.2) is 0 Å². The zero-order chi connectivity index (χ0) is 14.3. The fourth-order valence-corrected chi connectivity index (χ4v) is 2.88. The van der Waals surface area contributed by atoms with Crippen LogP contribution < -0.4 is 5.32 Å². The van der Waals surface area contributed by atoms with Crippen molar-refractivity contribution < 1.29 is 4.39 Å². The first-order valence-corrected chi connectivity index (χ1v) is 7.70. The highest BCUT2D eigenvalue weighted by atomic mass is 35.5. The number of hydrogen-bond donors (Lipinski definition) is 1. The molecule has 0 saturated heterocycles. The van der Waals surface area contributed by atoms with Gasteiger partial charge in [-0.05, 0) is 37.4 Å². The SMILES string of the molecule is CCCC(CCC)C(NCC)c1ccc(Cl)cc1F. The van der Waals surface area contributed by atoms with Crippen molar-refractivity contribution in [2.24, 2.45) is 5.92 Å². The molecule has 0 bridgehead atoms. The lowest BCUT2D eigenvalue weighted by atomic mass is 9.86. The summed E-state index contributed by atoms with van der Waals surface area (Å²) in [4.78, 5) is 0. The zero-order valence-electron chi connectivity index (χ0n) is 12.2. The summed E-state index contributed by atoms with van der Waals surface area (Å²) in [6.45, 7) is 7.28. The highest BCUT2D eigenvalue weighted by molar-refractivity contribution is 6.30. The molecule has 0 radical (unpaired) electrons. The summed E-state index contributed by atoms with van der Waals surface area (Å²) in [7, 11) is 0. The monoisotopic (exact) mass is 285 g/mol. The van der Waals surface area contributed by atoms with Gasteiger partial charge >= 0.3 is 0 Å². The van der Waals surface area contributed by atoms with Gasteiger partial charge in [-0.15, -0.1) is 0 Å². The second-order valence-electron chi connectivity index (χ2n) is 5.04. The van der Waals surface area contributed by atoms with Gasteiger partial charge in [-0.1, -0.05) is 51.3 Å². The van der Waals surface area contributed by atoms with E-state index in [0.29, 0.717) is 10.9 Å². The lowest BCUT2D eigenvalue weighted by molar-refractivity contribution is 0.313. The predicted octanol–water partition coefficient (Wildman–Crippen LogP) is 5.35. The average molecular weight is 286 g/mol. The molecule has 0 heterocycles. The molecule has 0 aliphatic rings. The molecule has 0 aliphatic carbocycles. The number of rotatable bonds is 8. The summed E-state index contributed by atoms with van der Waals surface area (Å²) >= 11 is 5.84. The summed E-state index contributed by atoms with van der Waals surface area (Å²) in [5.74, 6) is 0.279. The molecule has 0 aromatic heterocycles. The highest BCUT2D eigenvalue weighted by Crippen LogP contribution is 2.32. The third-order valence-electron chi connectivity index (χ3n) is 3.51. The van der Waals surface area contributed by atoms with Crippen LogP contribution in [0.2, 0.25) is 5.02 Å². The van der Waals surface area contributed by atoms with Gasteiger partial charge in [0, 0.05) is 16.6 Å². The molecular weight excluding hydrogens is 261 g/mol. The maximum atomic E-state index is 14.1. The molecule has 1 N–H and O–H groups in total. The quantitative estimate of drug-likeness (QED) is 0.679. The molecule has 1 rings (SSSR count). The first-order chi connectivity index (χ1) is 9.13. The topological polar surface area (TPSA) is 12.0 Å². The van der Waals surface area contributed by atoms with E-state index in [0.717, 1.165) is 37.8 Å². The molecule has 1 aromatic rings. The largest absolute Gasteiger partial charge is 0.310 e. The van der Waals surface area contributed by atoms with Gasteiger partial charge in [0.25, 0.3) is 0 Å². The average Bonchev–Trinajstić information content (AvgIpc) is 2.37. The van der Waals surface area contributed by atoms with Crippen LogP contribution in [0.1, 0.15) is 58.1 Å². The molecule has 1 aromatic carbocycles. The summed E-state index contributed by atoms with van der Waals surface area (Å²) in [5, 5.41) is 3.90. The number of hydrogen-bond acceptors (Lipinski definition) is 1. The van der Waals surface area contributed by atoms with Gasteiger partial charge in [-0.25, -0.2) is 4.39 Å². The lowest BCUT2D eigenvalue weighted by Crippen LogP contribution is -2.29. The summed E-state index contributed by atoms with van der Waals surface area (Å²) in [6, 6.07) is 5.10. The molecule has 3 heteroatoms. The Morgan fingerprint density at radius 2 is 1.79 bits per heavy atom. The minimum Gasteiger partial charge on any atom is -0.310 e. The summed E-state index contributed by atoms with van der Waals surface area (Å²) in [6.07, 6.45) is 4.49. The minimum absolute atomic E-state index is 0.0853. The van der Waals surface area contributed by atoms with E-state index in [1.54, 1.807) is 6.07 Å². The second kappa shape index (κ2) is 8.55. The van der Waals surface area contributed by atoms with Crippen LogP contribution in [0.25, 0.3) is 0 Å². The Morgan fingerprint density at radius 1 is 1.16 bits per heavy atom. The fraction of sp³-hybridized carbons (Fsp3) is 0.625. The van der Waals surface area contributed by atoms with Crippen molar-refractivity contribution in [1.82, 2.24) is 5.32 Å². The smallest absolute Gasteiger partial charge is 0.129 e. The van der Waals surface area contributed by atoms with E-state index in [4.69, 9.17) is 11.6 Å². The van der Waals surface area contributed by atoms with E-state index >= 15 is 0 Å². The Kier molecular flexibility index (Phi) is 7.40. The maximum absolute atomic E-state index is 14.1. The van der Waals surface area contributed by atoms with E-state index in [9.17, 15) is 4.39 Å². The normalized spacial score (nSPS) is 12.9. The van der Waals surface area contributed by atoms with Crippen LogP contribution in [0.4, 0.5) is 4.39 Å². The standard InChI is InChI=1S/C16H25ClFN/c1-4-7-12(8-5-2)16(19-6-3)14-10-9-13(17)11-15(14)18/h9-12,16,19H,4-8H2,1-3H3. The van der Waals surface area contributed by atoms with Gasteiger partial charge in [0.05, 0.1) is 0 Å². The Hall–Kier alpha value is -0.600. The van der Waals surface area contributed by atoms with Crippen LogP contribution in [0.3, 0.4) is 0 Å². The minimum atomic E-state index is -0.198. The van der Waals surface area contributed by atoms with Crippen LogP contribution >= 0.6 is 11.6 Å². The molecule has 1 unspecified atom stereocenters. The van der Waals surface area contributed by atoms with Crippen molar-refractivity contribution >= 4 is 11.6 Å². The zero-order valence-corrected chi connectivity index (χ0v) is 12.9. The lowest BCUT2D eigenvalue weighted by Gasteiger charge is -2.28. The Balaban J connectivity index is 3.02. The van der Waals surface area contributed by atoms with E-state index < -0.39 is 0 Å². The van der Waals surface area contributed by atoms with Gasteiger partial charge < -0.3 is 5.32 Å². The van der Waals surface area contributed by atoms with E-state index in [1.165, 1.54) is 6.07 Å². The molecule has 19 heavy (non-hydrogen) atoms. The number of benzene rings is 1. The Bertz CT molecular complexity index is 375.